The van der Waals surface area contributed by atoms with Crippen molar-refractivity contribution in [2.75, 3.05) is 6.67 Å². The van der Waals surface area contributed by atoms with Gasteiger partial charge in [0.2, 0.25) is 0 Å². The molecule has 0 heterocycles. The van der Waals surface area contributed by atoms with Crippen molar-refractivity contribution in [3.63, 3.8) is 0 Å². The van der Waals surface area contributed by atoms with E-state index in [1.165, 1.54) is 0 Å². The Labute approximate surface area is 70.4 Å². The van der Waals surface area contributed by atoms with E-state index in [9.17, 15) is 9.18 Å². The van der Waals surface area contributed by atoms with E-state index in [0.717, 1.165) is 0 Å². The van der Waals surface area contributed by atoms with Crippen LogP contribution in [0.3, 0.4) is 0 Å². The van der Waals surface area contributed by atoms with Crippen LogP contribution in [-0.4, -0.2) is 23.1 Å². The van der Waals surface area contributed by atoms with Crippen LogP contribution in [0.25, 0.3) is 0 Å². The Balaban J connectivity index is 4.16. The summed E-state index contributed by atoms with van der Waals surface area (Å²) in [6, 6.07) is 0. The first-order valence-electron chi connectivity index (χ1n) is 3.34. The zero-order valence-corrected chi connectivity index (χ0v) is 7.36. The van der Waals surface area contributed by atoms with Crippen molar-refractivity contribution in [2.45, 2.75) is 25.6 Å². The fourth-order valence-electron chi connectivity index (χ4n) is 0.705. The van der Waals surface area contributed by atoms with E-state index in [4.69, 9.17) is 16.7 Å². The molecule has 66 valence electrons. The van der Waals surface area contributed by atoms with E-state index in [1.54, 1.807) is 13.8 Å². The molecule has 0 rings (SSSR count). The van der Waals surface area contributed by atoms with Crippen molar-refractivity contribution in [2.24, 2.45) is 5.41 Å². The van der Waals surface area contributed by atoms with Crippen LogP contribution in [0.1, 0.15) is 20.3 Å². The maximum atomic E-state index is 11.9. The number of rotatable bonds is 4. The third kappa shape index (κ3) is 3.06. The molecule has 11 heavy (non-hydrogen) atoms. The third-order valence-electron chi connectivity index (χ3n) is 1.64. The lowest BCUT2D eigenvalue weighted by atomic mass is 9.86. The van der Waals surface area contributed by atoms with Gasteiger partial charge in [-0.15, -0.1) is 11.6 Å². The van der Waals surface area contributed by atoms with Crippen molar-refractivity contribution in [3.05, 3.63) is 0 Å². The smallest absolute Gasteiger partial charge is 0.322 e. The molecule has 0 bridgehead atoms. The zero-order chi connectivity index (χ0) is 9.07. The molecule has 0 fully saturated rings. The normalized spacial score (nSPS) is 14.5. The van der Waals surface area contributed by atoms with Gasteiger partial charge in [-0.3, -0.25) is 9.18 Å². The van der Waals surface area contributed by atoms with Crippen LogP contribution in [-0.2, 0) is 4.79 Å². The number of hydrogen-bond acceptors (Lipinski definition) is 1. The predicted octanol–water partition coefficient (Wildman–Crippen LogP) is 2.06. The quantitative estimate of drug-likeness (QED) is 0.676. The molecule has 0 radical (unpaired) electrons. The highest BCUT2D eigenvalue weighted by Crippen LogP contribution is 2.29. The highest BCUT2D eigenvalue weighted by atomic mass is 35.5. The molecule has 0 aliphatic rings. The molecule has 0 spiro atoms. The van der Waals surface area contributed by atoms with Gasteiger partial charge in [0.05, 0.1) is 6.67 Å². The largest absolute Gasteiger partial charge is 0.480 e. The Bertz CT molecular complexity index is 147. The molecule has 2 nitrogen and oxygen atoms in total. The highest BCUT2D eigenvalue weighted by molar-refractivity contribution is 6.30. The summed E-state index contributed by atoms with van der Waals surface area (Å²) in [5.74, 6) is -1.09. The second kappa shape index (κ2) is 3.90. The van der Waals surface area contributed by atoms with E-state index in [0.29, 0.717) is 0 Å². The fourth-order valence-corrected chi connectivity index (χ4v) is 0.814. The topological polar surface area (TPSA) is 37.3 Å². The Hall–Kier alpha value is -0.310. The summed E-state index contributed by atoms with van der Waals surface area (Å²) in [6.07, 6.45) is 0.174. The second-order valence-electron chi connectivity index (χ2n) is 3.13. The number of carbonyl (C=O) groups is 1. The number of halogens is 2. The molecule has 0 amide bonds. The maximum Gasteiger partial charge on any atom is 0.322 e. The predicted molar refractivity (Wildman–Crippen MR) is 41.6 cm³/mol. The molecule has 0 aromatic heterocycles. The maximum absolute atomic E-state index is 11.9. The average molecular weight is 183 g/mol. The van der Waals surface area contributed by atoms with Gasteiger partial charge in [0.15, 0.2) is 0 Å². The SMILES string of the molecule is CC(C)(CCF)C(Cl)C(=O)O. The molecule has 0 aliphatic heterocycles. The molecule has 0 saturated heterocycles. The fraction of sp³-hybridized carbons (Fsp3) is 0.857. The monoisotopic (exact) mass is 182 g/mol. The molecular formula is C7H12ClFO2. The van der Waals surface area contributed by atoms with E-state index < -0.39 is 23.4 Å². The minimum absolute atomic E-state index is 0.174. The summed E-state index contributed by atoms with van der Waals surface area (Å²) in [4.78, 5) is 10.4. The van der Waals surface area contributed by atoms with Gasteiger partial charge in [0.1, 0.15) is 5.38 Å². The summed E-state index contributed by atoms with van der Waals surface area (Å²) in [6.45, 7) is 2.74. The van der Waals surface area contributed by atoms with Crippen molar-refractivity contribution >= 4 is 17.6 Å². The van der Waals surface area contributed by atoms with Crippen LogP contribution in [0.5, 0.6) is 0 Å². The molecule has 1 unspecified atom stereocenters. The highest BCUT2D eigenvalue weighted by Gasteiger charge is 2.32. The lowest BCUT2D eigenvalue weighted by molar-refractivity contribution is -0.138. The summed E-state index contributed by atoms with van der Waals surface area (Å²) >= 11 is 5.52. The second-order valence-corrected chi connectivity index (χ2v) is 3.56. The van der Waals surface area contributed by atoms with Gasteiger partial charge in [-0.2, -0.15) is 0 Å². The van der Waals surface area contributed by atoms with E-state index in [-0.39, 0.29) is 6.42 Å². The Morgan fingerprint density at radius 2 is 2.18 bits per heavy atom. The minimum atomic E-state index is -1.09. The first-order chi connectivity index (χ1) is 4.91. The summed E-state index contributed by atoms with van der Waals surface area (Å²) in [5, 5.41) is 7.47. The number of carboxylic acids is 1. The van der Waals surface area contributed by atoms with E-state index in [2.05, 4.69) is 0 Å². The number of alkyl halides is 2. The van der Waals surface area contributed by atoms with Crippen LogP contribution in [0, 0.1) is 5.41 Å². The van der Waals surface area contributed by atoms with Crippen LogP contribution < -0.4 is 0 Å². The van der Waals surface area contributed by atoms with Gasteiger partial charge in [-0.1, -0.05) is 13.8 Å². The van der Waals surface area contributed by atoms with Crippen molar-refractivity contribution < 1.29 is 14.3 Å². The molecule has 0 aliphatic carbocycles. The Morgan fingerprint density at radius 3 is 2.45 bits per heavy atom. The lowest BCUT2D eigenvalue weighted by Gasteiger charge is -2.25. The van der Waals surface area contributed by atoms with Crippen LogP contribution in [0.2, 0.25) is 0 Å². The van der Waals surface area contributed by atoms with Crippen molar-refractivity contribution in [1.29, 1.82) is 0 Å². The average Bonchev–Trinajstić information content (AvgIpc) is 1.86. The third-order valence-corrected chi connectivity index (χ3v) is 2.42. The van der Waals surface area contributed by atoms with Gasteiger partial charge in [0, 0.05) is 0 Å². The van der Waals surface area contributed by atoms with E-state index >= 15 is 0 Å². The van der Waals surface area contributed by atoms with Gasteiger partial charge < -0.3 is 5.11 Å². The molecule has 1 atom stereocenters. The summed E-state index contributed by atoms with van der Waals surface area (Å²) < 4.78 is 11.9. The Morgan fingerprint density at radius 1 is 1.73 bits per heavy atom. The van der Waals surface area contributed by atoms with Crippen molar-refractivity contribution in [3.8, 4) is 0 Å². The summed E-state index contributed by atoms with van der Waals surface area (Å²) in [5.41, 5.74) is -0.678. The van der Waals surface area contributed by atoms with E-state index in [1.807, 2.05) is 0 Å². The van der Waals surface area contributed by atoms with Gasteiger partial charge in [0.25, 0.3) is 0 Å². The molecule has 0 aromatic rings. The standard InChI is InChI=1S/C7H12ClFO2/c1-7(2,3-4-9)5(8)6(10)11/h5H,3-4H2,1-2H3,(H,10,11). The lowest BCUT2D eigenvalue weighted by Crippen LogP contribution is -2.32. The van der Waals surface area contributed by atoms with Crippen LogP contribution >= 0.6 is 11.6 Å². The number of hydrogen-bond donors (Lipinski definition) is 1. The van der Waals surface area contributed by atoms with Gasteiger partial charge in [-0.05, 0) is 11.8 Å². The zero-order valence-electron chi connectivity index (χ0n) is 6.60. The van der Waals surface area contributed by atoms with Crippen LogP contribution in [0.4, 0.5) is 4.39 Å². The van der Waals surface area contributed by atoms with Gasteiger partial charge in [-0.25, -0.2) is 0 Å². The summed E-state index contributed by atoms with van der Waals surface area (Å²) in [7, 11) is 0. The first kappa shape index (κ1) is 10.7. The molecule has 4 heteroatoms. The molecule has 1 N–H and O–H groups in total. The molecule has 0 saturated carbocycles. The molecule has 0 aromatic carbocycles. The van der Waals surface area contributed by atoms with Gasteiger partial charge >= 0.3 is 5.97 Å². The Kier molecular flexibility index (Phi) is 3.79. The van der Waals surface area contributed by atoms with Crippen molar-refractivity contribution in [1.82, 2.24) is 0 Å². The number of carboxylic acid groups (broad SMARTS) is 1. The minimum Gasteiger partial charge on any atom is -0.480 e. The molecular weight excluding hydrogens is 171 g/mol. The number of aliphatic carboxylic acids is 1. The first-order valence-corrected chi connectivity index (χ1v) is 3.78. The van der Waals surface area contributed by atoms with Crippen LogP contribution in [0.15, 0.2) is 0 Å².